The highest BCUT2D eigenvalue weighted by atomic mass is 28.3. The molecular weight excluding hydrogens is 1410 g/mol. The molecule has 2 bridgehead atoms. The van der Waals surface area contributed by atoms with E-state index in [-0.39, 0.29) is 92.9 Å². The van der Waals surface area contributed by atoms with Crippen LogP contribution >= 0.6 is 0 Å². The number of nitrogen functional groups attached to an aromatic ring is 1. The van der Waals surface area contributed by atoms with Gasteiger partial charge in [0.2, 0.25) is 17.8 Å². The first kappa shape index (κ1) is 78.3. The summed E-state index contributed by atoms with van der Waals surface area (Å²) >= 11 is 0. The number of aromatic nitrogens is 5. The molecule has 109 heavy (non-hydrogen) atoms. The molecule has 3 saturated heterocycles. The number of carbonyl (C=O) groups is 6. The third-order valence-electron chi connectivity index (χ3n) is 25.4. The summed E-state index contributed by atoms with van der Waals surface area (Å²) < 4.78 is 30.1. The molecule has 3 aromatic carbocycles. The number of fused-ring (bicyclic) bond motifs is 7. The number of carbonyl (C=O) groups excluding carboxylic acids is 5. The Hall–Kier alpha value is -8.84. The predicted octanol–water partition coefficient (Wildman–Crippen LogP) is 6.63. The monoisotopic (exact) mass is 1520 g/mol. The molecule has 9 heterocycles. The number of piperidine rings is 1. The molecule has 1 saturated carbocycles. The molecule has 13 rings (SSSR count). The predicted molar refractivity (Wildman–Crippen MR) is 413 cm³/mol. The zero-order chi connectivity index (χ0) is 77.0. The number of rotatable bonds is 31. The van der Waals surface area contributed by atoms with E-state index in [0.717, 1.165) is 96.4 Å². The van der Waals surface area contributed by atoms with E-state index in [1.165, 1.54) is 32.5 Å². The summed E-state index contributed by atoms with van der Waals surface area (Å²) in [4.78, 5) is 121. The van der Waals surface area contributed by atoms with Crippen LogP contribution in [0.3, 0.4) is 0 Å². The smallest absolute Gasteiger partial charge is 0.340 e. The Kier molecular flexibility index (Phi) is 23.4. The Labute approximate surface area is 635 Å². The van der Waals surface area contributed by atoms with Crippen molar-refractivity contribution in [3.05, 3.63) is 123 Å². The SMILES string of the molecule is CC[C@]1(O)C[C@H]2CN(CCc3c([nH]c4ccccc34)[C@@](C(=O)OC)(c3cc4c(cc3OC)N(C)[C@H]3[C@@](O)(C(=O)OC)[C@H](C[Si]5(CCCCC(=O)NCCOCCOCCNC(=O)CC[C@H](NC(=O)c6ccc(NCc7cnc8nc(N)[nH]c(=O)c8n7)cc6)C(=O)O)CCCCC5)[C@]5(CC)C=CCN6CC[C@]43[C@@H]65)C2)C1. The lowest BCUT2D eigenvalue weighted by atomic mass is 9.45. The van der Waals surface area contributed by atoms with Gasteiger partial charge in [-0.15, -0.1) is 0 Å². The third-order valence-corrected chi connectivity index (χ3v) is 30.9. The van der Waals surface area contributed by atoms with Crippen LogP contribution in [0.2, 0.25) is 24.2 Å². The van der Waals surface area contributed by atoms with Crippen LogP contribution in [0.4, 0.5) is 17.3 Å². The maximum absolute atomic E-state index is 15.8. The number of para-hydroxylation sites is 1. The van der Waals surface area contributed by atoms with Crippen LogP contribution in [0, 0.1) is 17.3 Å². The van der Waals surface area contributed by atoms with Gasteiger partial charge in [-0.2, -0.15) is 4.98 Å². The Balaban J connectivity index is 0.610. The zero-order valence-electron chi connectivity index (χ0n) is 63.6. The minimum Gasteiger partial charge on any atom is -0.496 e. The van der Waals surface area contributed by atoms with E-state index < -0.39 is 88.8 Å². The molecule has 11 atom stereocenters. The average Bonchev–Trinajstić information content (AvgIpc) is 1.49. The lowest BCUT2D eigenvalue weighted by Crippen LogP contribution is -2.79. The number of ether oxygens (including phenoxy) is 5. The van der Waals surface area contributed by atoms with Crippen molar-refractivity contribution in [2.75, 3.05) is 117 Å². The van der Waals surface area contributed by atoms with Crippen molar-refractivity contribution < 1.29 is 67.8 Å². The highest BCUT2D eigenvalue weighted by Crippen LogP contribution is 2.71. The molecule has 29 heteroatoms. The number of aliphatic hydroxyl groups is 2. The van der Waals surface area contributed by atoms with Crippen LogP contribution in [-0.4, -0.2) is 224 Å². The number of nitrogens with one attached hydrogen (secondary N) is 6. The number of esters is 2. The van der Waals surface area contributed by atoms with Crippen molar-refractivity contribution in [1.82, 2.24) is 50.7 Å². The van der Waals surface area contributed by atoms with Gasteiger partial charge in [0.15, 0.2) is 16.8 Å². The van der Waals surface area contributed by atoms with E-state index in [1.54, 1.807) is 19.2 Å². The molecular formula is C80H107N13O15Si. The second-order valence-electron chi connectivity index (χ2n) is 31.5. The Morgan fingerprint density at radius 1 is 0.826 bits per heavy atom. The molecule has 3 amide bonds. The number of likely N-dealkylation sites (N-methyl/N-ethyl adjacent to an activating group) is 1. The normalized spacial score (nSPS) is 26.9. The topological polar surface area (TPSA) is 380 Å². The molecule has 11 N–H and O–H groups in total. The number of hydrogen-bond donors (Lipinski definition) is 10. The maximum Gasteiger partial charge on any atom is 0.340 e. The highest BCUT2D eigenvalue weighted by Gasteiger charge is 2.79. The second-order valence-corrected chi connectivity index (χ2v) is 36.4. The van der Waals surface area contributed by atoms with Gasteiger partial charge in [-0.25, -0.2) is 19.6 Å². The van der Waals surface area contributed by atoms with Crippen molar-refractivity contribution in [1.29, 1.82) is 0 Å². The number of aliphatic carboxylic acids is 1. The Morgan fingerprint density at radius 2 is 1.56 bits per heavy atom. The zero-order valence-corrected chi connectivity index (χ0v) is 64.6. The van der Waals surface area contributed by atoms with E-state index >= 15 is 9.59 Å². The van der Waals surface area contributed by atoms with Gasteiger partial charge in [0.1, 0.15) is 17.2 Å². The number of carboxylic acid groups (broad SMARTS) is 1. The Bertz CT molecular complexity index is 4460. The molecule has 586 valence electrons. The van der Waals surface area contributed by atoms with Crippen molar-refractivity contribution in [3.63, 3.8) is 0 Å². The van der Waals surface area contributed by atoms with Crippen LogP contribution in [0.1, 0.15) is 136 Å². The van der Waals surface area contributed by atoms with Gasteiger partial charge in [0.05, 0.1) is 85.9 Å². The van der Waals surface area contributed by atoms with Crippen LogP contribution in [0.15, 0.2) is 83.8 Å². The van der Waals surface area contributed by atoms with Crippen LogP contribution in [0.25, 0.3) is 22.1 Å². The van der Waals surface area contributed by atoms with E-state index in [2.05, 4.69) is 104 Å². The average molecular weight is 1520 g/mol. The first-order valence-electron chi connectivity index (χ1n) is 38.9. The summed E-state index contributed by atoms with van der Waals surface area (Å²) in [7, 11) is 4.21. The number of unbranched alkanes of at least 4 members (excludes halogenated alkanes) is 1. The molecule has 4 fully saturated rings. The van der Waals surface area contributed by atoms with E-state index in [1.807, 2.05) is 26.1 Å². The lowest BCUT2D eigenvalue weighted by Gasteiger charge is -2.65. The molecule has 3 aromatic heterocycles. The number of hydrogen-bond acceptors (Lipinski definition) is 22. The van der Waals surface area contributed by atoms with Gasteiger partial charge >= 0.3 is 17.9 Å². The van der Waals surface area contributed by atoms with Crippen molar-refractivity contribution >= 4 is 83.1 Å². The number of methoxy groups -OCH3 is 3. The highest BCUT2D eigenvalue weighted by molar-refractivity contribution is 6.80. The number of benzene rings is 3. The molecule has 1 unspecified atom stereocenters. The number of nitrogens with zero attached hydrogens (tertiary/aromatic N) is 6. The summed E-state index contributed by atoms with van der Waals surface area (Å²) in [5.41, 5.74) is 5.79. The van der Waals surface area contributed by atoms with Crippen molar-refractivity contribution in [2.45, 2.75) is 175 Å². The molecule has 0 radical (unpaired) electrons. The number of aromatic amines is 2. The van der Waals surface area contributed by atoms with Crippen LogP contribution in [0.5, 0.6) is 5.75 Å². The summed E-state index contributed by atoms with van der Waals surface area (Å²) in [6.07, 6.45) is 14.3. The van der Waals surface area contributed by atoms with E-state index in [9.17, 15) is 39.3 Å². The molecule has 7 aliphatic rings. The summed E-state index contributed by atoms with van der Waals surface area (Å²) in [5, 5.41) is 49.1. The van der Waals surface area contributed by atoms with Crippen LogP contribution in [-0.2, 0) is 66.7 Å². The van der Waals surface area contributed by atoms with E-state index in [4.69, 9.17) is 29.4 Å². The van der Waals surface area contributed by atoms with Crippen molar-refractivity contribution in [3.8, 4) is 5.75 Å². The molecule has 6 aromatic rings. The van der Waals surface area contributed by atoms with Gasteiger partial charge in [0.25, 0.3) is 11.5 Å². The van der Waals surface area contributed by atoms with Gasteiger partial charge in [0, 0.05) is 127 Å². The second kappa shape index (κ2) is 32.6. The van der Waals surface area contributed by atoms with Gasteiger partial charge < -0.3 is 75.9 Å². The number of carboxylic acids is 1. The number of amides is 3. The van der Waals surface area contributed by atoms with Crippen LogP contribution < -0.4 is 42.2 Å². The Morgan fingerprint density at radius 3 is 2.27 bits per heavy atom. The van der Waals surface area contributed by atoms with Gasteiger partial charge in [-0.3, -0.25) is 38.8 Å². The summed E-state index contributed by atoms with van der Waals surface area (Å²) in [6.45, 7) is 9.29. The largest absolute Gasteiger partial charge is 0.496 e. The number of anilines is 3. The number of nitrogens with two attached hydrogens (primary N) is 1. The fourth-order valence-corrected chi connectivity index (χ4v) is 26.5. The minimum absolute atomic E-state index is 0.0414. The molecule has 1 spiro atoms. The number of H-pyrrole nitrogens is 2. The minimum atomic E-state index is -2.32. The third kappa shape index (κ3) is 15.0. The van der Waals surface area contributed by atoms with E-state index in [0.29, 0.717) is 100 Å². The van der Waals surface area contributed by atoms with Gasteiger partial charge in [-0.05, 0) is 117 Å². The quantitative estimate of drug-likeness (QED) is 0.00944. The fourth-order valence-electron chi connectivity index (χ4n) is 20.6. The molecule has 1 aliphatic carbocycles. The molecule has 28 nitrogen and oxygen atoms in total. The van der Waals surface area contributed by atoms with Crippen molar-refractivity contribution in [2.24, 2.45) is 17.3 Å². The fraction of sp³-hybridized carbons (Fsp3) is 0.575. The summed E-state index contributed by atoms with van der Waals surface area (Å²) in [6, 6.07) is 20.4. The lowest BCUT2D eigenvalue weighted by molar-refractivity contribution is -0.197. The maximum atomic E-state index is 15.8. The summed E-state index contributed by atoms with van der Waals surface area (Å²) in [5.74, 6) is -3.65. The first-order valence-corrected chi connectivity index (χ1v) is 41.8. The standard InChI is InChI=1S/C80H107N13O15Si/c1-7-76(102)43-50-44-79(73(100)105-5,66-55(26-32-92(47-50)49-76)54-17-10-11-18-58(54)87-66)57-41-56-60(42-61(57)104-4)91(3)72-78(56)28-33-93-31-16-27-77(8-2,71(78)93)62(80(72,103)74(101)106-6)48-109(38-13-9-14-39-109)40-15-12-19-63(94)82-29-34-107-36-37-108-35-30-83-64(95)25-24-59(70(98)99)88-68(96)51-20-22-52(23-21-51)84-45-53-46-85-67-65(86-53)69(97)90-75(81)89-67/h10-11,16-18,20-23,27,41-42,46,50,59,62,71-72,84,87,102-103H,7-9,12-15,19,24-26,28-40,43-45,47-49H2,1-6H3,(H,82,94)(H,83,95)(H,88,96)(H,98,99)(H3,81,85,89,90,97)/t50-,59+,62-,71+,72-,76+,77+,78-,79+,80-/m1/s1. The molecule has 6 aliphatic heterocycles. The first-order chi connectivity index (χ1) is 52.5. The van der Waals surface area contributed by atoms with Gasteiger partial charge in [-0.1, -0.05) is 88.0 Å².